The molecule has 0 unspecified atom stereocenters. The highest BCUT2D eigenvalue weighted by atomic mass is 16.5. The number of rotatable bonds is 4. The number of fused-ring (bicyclic) bond motifs is 4. The molecule has 5 rings (SSSR count). The maximum absolute atomic E-state index is 13.1. The quantitative estimate of drug-likeness (QED) is 0.600. The van der Waals surface area contributed by atoms with Gasteiger partial charge in [-0.3, -0.25) is 9.36 Å². The Morgan fingerprint density at radius 1 is 1.16 bits per heavy atom. The van der Waals surface area contributed by atoms with Gasteiger partial charge in [-0.2, -0.15) is 0 Å². The molecule has 0 bridgehead atoms. The topological polar surface area (TPSA) is 69.0 Å². The van der Waals surface area contributed by atoms with Gasteiger partial charge in [-0.15, -0.1) is 0 Å². The van der Waals surface area contributed by atoms with Gasteiger partial charge in [-0.1, -0.05) is 13.8 Å². The van der Waals surface area contributed by atoms with Gasteiger partial charge >= 0.3 is 0 Å². The molecule has 3 aromatic rings. The number of pyridine rings is 1. The molecular weight excluding hydrogens is 388 g/mol. The van der Waals surface area contributed by atoms with E-state index in [1.165, 1.54) is 0 Å². The second kappa shape index (κ2) is 7.52. The van der Waals surface area contributed by atoms with Crippen molar-refractivity contribution in [3.8, 4) is 11.6 Å². The van der Waals surface area contributed by atoms with Crippen molar-refractivity contribution in [2.45, 2.75) is 51.0 Å². The van der Waals surface area contributed by atoms with Gasteiger partial charge in [0.1, 0.15) is 11.6 Å². The third kappa shape index (κ3) is 3.21. The molecule has 3 heterocycles. The van der Waals surface area contributed by atoms with Gasteiger partial charge in [0.25, 0.3) is 0 Å². The van der Waals surface area contributed by atoms with Crippen molar-refractivity contribution < 1.29 is 9.53 Å². The Labute approximate surface area is 182 Å². The third-order valence-corrected chi connectivity index (χ3v) is 6.75. The number of carbonyl (C=O) groups excluding carboxylic acids is 1. The standard InChI is InChI=1S/C25H28N4O2/c1-16(2)23-27-15-21-25(28-20-5-4-14-26-24(20)29(21)23)12-10-18(11-13-25)22(30)17-6-8-19(31-3)9-7-17/h4-9,14-16,18,28H,10-13H2,1-3H3. The van der Waals surface area contributed by atoms with Crippen LogP contribution >= 0.6 is 0 Å². The fourth-order valence-corrected chi connectivity index (χ4v) is 5.07. The minimum Gasteiger partial charge on any atom is -0.497 e. The van der Waals surface area contributed by atoms with Crippen LogP contribution in [0.1, 0.15) is 67.3 Å². The number of methoxy groups -OCH3 is 1. The SMILES string of the molecule is COc1ccc(C(=O)C2CCC3(CC2)Nc2cccnc2-n2c3cnc2C(C)C)cc1. The summed E-state index contributed by atoms with van der Waals surface area (Å²) >= 11 is 0. The molecule has 2 aromatic heterocycles. The van der Waals surface area contributed by atoms with Crippen molar-refractivity contribution >= 4 is 11.5 Å². The van der Waals surface area contributed by atoms with E-state index in [2.05, 4.69) is 34.8 Å². The van der Waals surface area contributed by atoms with Crippen LogP contribution in [0.3, 0.4) is 0 Å². The molecule has 2 aliphatic rings. The summed E-state index contributed by atoms with van der Waals surface area (Å²) in [6, 6.07) is 11.5. The Morgan fingerprint density at radius 2 is 1.90 bits per heavy atom. The Hall–Kier alpha value is -3.15. The van der Waals surface area contributed by atoms with Gasteiger partial charge in [0.2, 0.25) is 0 Å². The van der Waals surface area contributed by atoms with Crippen LogP contribution in [-0.4, -0.2) is 27.4 Å². The van der Waals surface area contributed by atoms with Crippen LogP contribution in [0, 0.1) is 5.92 Å². The number of nitrogens with zero attached hydrogens (tertiary/aromatic N) is 3. The van der Waals surface area contributed by atoms with E-state index in [9.17, 15) is 4.79 Å². The highest BCUT2D eigenvalue weighted by Gasteiger charge is 2.45. The highest BCUT2D eigenvalue weighted by molar-refractivity contribution is 5.98. The number of benzene rings is 1. The fraction of sp³-hybridized carbons (Fsp3) is 0.400. The Morgan fingerprint density at radius 3 is 2.58 bits per heavy atom. The first kappa shape index (κ1) is 19.8. The van der Waals surface area contributed by atoms with Crippen molar-refractivity contribution in [3.63, 3.8) is 0 Å². The highest BCUT2D eigenvalue weighted by Crippen LogP contribution is 2.47. The van der Waals surface area contributed by atoms with E-state index in [4.69, 9.17) is 9.72 Å². The average molecular weight is 417 g/mol. The molecule has 1 fully saturated rings. The fourth-order valence-electron chi connectivity index (χ4n) is 5.07. The van der Waals surface area contributed by atoms with Crippen molar-refractivity contribution in [3.05, 3.63) is 65.9 Å². The lowest BCUT2D eigenvalue weighted by Crippen LogP contribution is -2.44. The minimum atomic E-state index is -0.215. The molecular formula is C25H28N4O2. The first-order chi connectivity index (χ1) is 15.0. The summed E-state index contributed by atoms with van der Waals surface area (Å²) in [4.78, 5) is 22.5. The summed E-state index contributed by atoms with van der Waals surface area (Å²) in [5.41, 5.74) is 2.75. The zero-order chi connectivity index (χ0) is 21.6. The molecule has 1 N–H and O–H groups in total. The lowest BCUT2D eigenvalue weighted by atomic mass is 9.72. The summed E-state index contributed by atoms with van der Waals surface area (Å²) in [5, 5.41) is 3.78. The van der Waals surface area contributed by atoms with E-state index < -0.39 is 0 Å². The maximum atomic E-state index is 13.1. The van der Waals surface area contributed by atoms with E-state index in [0.717, 1.165) is 60.0 Å². The van der Waals surface area contributed by atoms with E-state index >= 15 is 0 Å². The second-order valence-electron chi connectivity index (χ2n) is 8.94. The van der Waals surface area contributed by atoms with Crippen molar-refractivity contribution in [1.82, 2.24) is 14.5 Å². The van der Waals surface area contributed by atoms with Gasteiger partial charge in [-0.25, -0.2) is 9.97 Å². The molecule has 0 radical (unpaired) electrons. The molecule has 31 heavy (non-hydrogen) atoms. The monoisotopic (exact) mass is 416 g/mol. The van der Waals surface area contributed by atoms with Gasteiger partial charge in [-0.05, 0) is 62.1 Å². The number of carbonyl (C=O) groups is 1. The van der Waals surface area contributed by atoms with Crippen LogP contribution in [0.4, 0.5) is 5.69 Å². The summed E-state index contributed by atoms with van der Waals surface area (Å²) in [5.74, 6) is 3.29. The molecule has 1 spiro atoms. The van der Waals surface area contributed by atoms with Crippen LogP contribution < -0.4 is 10.1 Å². The molecule has 1 aliphatic carbocycles. The number of ketones is 1. The Balaban J connectivity index is 1.43. The number of nitrogens with one attached hydrogen (secondary N) is 1. The number of ether oxygens (including phenoxy) is 1. The van der Waals surface area contributed by atoms with Crippen molar-refractivity contribution in [1.29, 1.82) is 0 Å². The van der Waals surface area contributed by atoms with E-state index in [1.54, 1.807) is 7.11 Å². The molecule has 6 heteroatoms. The number of imidazole rings is 1. The zero-order valence-corrected chi connectivity index (χ0v) is 18.3. The van der Waals surface area contributed by atoms with E-state index in [-0.39, 0.29) is 17.2 Å². The molecule has 6 nitrogen and oxygen atoms in total. The summed E-state index contributed by atoms with van der Waals surface area (Å²) in [6.07, 6.45) is 7.29. The third-order valence-electron chi connectivity index (χ3n) is 6.75. The number of anilines is 1. The minimum absolute atomic E-state index is 0.0389. The maximum Gasteiger partial charge on any atom is 0.165 e. The molecule has 1 aliphatic heterocycles. The number of Topliss-reactive ketones (excluding diaryl/α,β-unsaturated/α-hetero) is 1. The Kier molecular flexibility index (Phi) is 4.80. The van der Waals surface area contributed by atoms with Gasteiger partial charge < -0.3 is 10.1 Å². The first-order valence-corrected chi connectivity index (χ1v) is 11.0. The van der Waals surface area contributed by atoms with Crippen LogP contribution in [0.5, 0.6) is 5.75 Å². The number of hydrogen-bond donors (Lipinski definition) is 1. The van der Waals surface area contributed by atoms with E-state index in [1.807, 2.05) is 42.7 Å². The van der Waals surface area contributed by atoms with Crippen LogP contribution in [0.15, 0.2) is 48.8 Å². The van der Waals surface area contributed by atoms with Crippen LogP contribution in [0.2, 0.25) is 0 Å². The lowest BCUT2D eigenvalue weighted by molar-refractivity contribution is 0.0864. The number of hydrogen-bond acceptors (Lipinski definition) is 5. The predicted octanol–water partition coefficient (Wildman–Crippen LogP) is 5.09. The lowest BCUT2D eigenvalue weighted by Gasteiger charge is -2.44. The van der Waals surface area contributed by atoms with Crippen molar-refractivity contribution in [2.75, 3.05) is 12.4 Å². The number of aromatic nitrogens is 3. The summed E-state index contributed by atoms with van der Waals surface area (Å²) in [6.45, 7) is 4.33. The van der Waals surface area contributed by atoms with Gasteiger partial charge in [0.15, 0.2) is 11.6 Å². The Bertz CT molecular complexity index is 1110. The van der Waals surface area contributed by atoms with E-state index in [0.29, 0.717) is 5.92 Å². The van der Waals surface area contributed by atoms with Crippen LogP contribution in [0.25, 0.3) is 5.82 Å². The summed E-state index contributed by atoms with van der Waals surface area (Å²) in [7, 11) is 1.64. The normalized spacial score (nSPS) is 22.0. The largest absolute Gasteiger partial charge is 0.497 e. The molecule has 160 valence electrons. The molecule has 1 saturated carbocycles. The smallest absolute Gasteiger partial charge is 0.165 e. The van der Waals surface area contributed by atoms with Gasteiger partial charge in [0, 0.05) is 23.6 Å². The van der Waals surface area contributed by atoms with Gasteiger partial charge in [0.05, 0.1) is 30.2 Å². The molecule has 0 amide bonds. The predicted molar refractivity (Wildman–Crippen MR) is 120 cm³/mol. The summed E-state index contributed by atoms with van der Waals surface area (Å²) < 4.78 is 7.46. The second-order valence-corrected chi connectivity index (χ2v) is 8.94. The average Bonchev–Trinajstić information content (AvgIpc) is 3.26. The van der Waals surface area contributed by atoms with Crippen LogP contribution in [-0.2, 0) is 5.54 Å². The molecule has 1 aromatic carbocycles. The molecule has 0 atom stereocenters. The first-order valence-electron chi connectivity index (χ1n) is 11.0. The zero-order valence-electron chi connectivity index (χ0n) is 18.3. The van der Waals surface area contributed by atoms with Crippen molar-refractivity contribution in [2.24, 2.45) is 5.92 Å². The molecule has 0 saturated heterocycles.